The number of amides is 1. The molecule has 0 bridgehead atoms. The van der Waals surface area contributed by atoms with Crippen LogP contribution in [0.1, 0.15) is 53.0 Å². The number of anilines is 1. The summed E-state index contributed by atoms with van der Waals surface area (Å²) in [5.41, 5.74) is -0.253. The molecule has 0 saturated carbocycles. The molecule has 1 unspecified atom stereocenters. The summed E-state index contributed by atoms with van der Waals surface area (Å²) in [7, 11) is 0. The smallest absolute Gasteiger partial charge is 0.315 e. The molecule has 1 amide bonds. The van der Waals surface area contributed by atoms with Crippen LogP contribution in [0.4, 0.5) is 6.01 Å². The number of carbonyl (C=O) groups is 1. The molecular weight excluding hydrogens is 258 g/mol. The van der Waals surface area contributed by atoms with Crippen LogP contribution in [0.3, 0.4) is 0 Å². The monoisotopic (exact) mass is 283 g/mol. The molecule has 0 aliphatic rings. The van der Waals surface area contributed by atoms with Gasteiger partial charge in [-0.1, -0.05) is 12.0 Å². The summed E-state index contributed by atoms with van der Waals surface area (Å²) in [5, 5.41) is 16.7. The summed E-state index contributed by atoms with van der Waals surface area (Å²) in [6, 6.07) is 0.260. The van der Waals surface area contributed by atoms with E-state index in [9.17, 15) is 4.79 Å². The average Bonchev–Trinajstić information content (AvgIpc) is 2.80. The molecule has 114 valence electrons. The topological polar surface area (TPSA) is 92.1 Å². The minimum absolute atomic E-state index is 0.00130. The van der Waals surface area contributed by atoms with Crippen LogP contribution >= 0.6 is 0 Å². The molecule has 0 aliphatic heterocycles. The summed E-state index contributed by atoms with van der Waals surface area (Å²) in [6.45, 7) is 10.8. The molecule has 1 aromatic rings. The van der Waals surface area contributed by atoms with E-state index in [1.807, 2.05) is 27.7 Å². The molecule has 1 aromatic heterocycles. The van der Waals surface area contributed by atoms with Crippen molar-refractivity contribution in [3.8, 4) is 0 Å². The van der Waals surface area contributed by atoms with Crippen molar-refractivity contribution in [1.82, 2.24) is 20.8 Å². The zero-order chi connectivity index (χ0) is 15.2. The first-order valence-electron chi connectivity index (χ1n) is 6.93. The van der Waals surface area contributed by atoms with E-state index in [1.165, 1.54) is 0 Å². The van der Waals surface area contributed by atoms with E-state index < -0.39 is 0 Å². The fourth-order valence-corrected chi connectivity index (χ4v) is 1.55. The normalized spacial score (nSPS) is 13.1. The number of hydrogen-bond donors (Lipinski definition) is 3. The van der Waals surface area contributed by atoms with Crippen LogP contribution in [0.2, 0.25) is 0 Å². The zero-order valence-electron chi connectivity index (χ0n) is 12.9. The van der Waals surface area contributed by atoms with Crippen LogP contribution < -0.4 is 16.0 Å². The standard InChI is InChI=1S/C13H25N5O2/c1-6-7-14-9(2)11-17-18-12(20-11)15-8-10(19)16-13(3,4)5/h9,14H,6-8H2,1-5H3,(H,15,18)(H,16,19). The number of aromatic nitrogens is 2. The highest BCUT2D eigenvalue weighted by molar-refractivity contribution is 5.80. The van der Waals surface area contributed by atoms with Crippen LogP contribution in [0.15, 0.2) is 4.42 Å². The lowest BCUT2D eigenvalue weighted by Crippen LogP contribution is -2.43. The minimum atomic E-state index is -0.253. The highest BCUT2D eigenvalue weighted by Crippen LogP contribution is 2.13. The van der Waals surface area contributed by atoms with Crippen molar-refractivity contribution in [2.24, 2.45) is 0 Å². The Morgan fingerprint density at radius 3 is 2.65 bits per heavy atom. The number of carbonyl (C=O) groups excluding carboxylic acids is 1. The molecule has 0 aliphatic carbocycles. The lowest BCUT2D eigenvalue weighted by molar-refractivity contribution is -0.120. The molecule has 1 rings (SSSR count). The maximum Gasteiger partial charge on any atom is 0.315 e. The summed E-state index contributed by atoms with van der Waals surface area (Å²) >= 11 is 0. The van der Waals surface area contributed by atoms with E-state index in [-0.39, 0.29) is 30.0 Å². The first kappa shape index (κ1) is 16.4. The molecule has 7 nitrogen and oxygen atoms in total. The minimum Gasteiger partial charge on any atom is -0.406 e. The Kier molecular flexibility index (Phi) is 5.94. The molecule has 0 fully saturated rings. The van der Waals surface area contributed by atoms with Crippen molar-refractivity contribution in [2.45, 2.75) is 52.6 Å². The fraction of sp³-hybridized carbons (Fsp3) is 0.769. The Bertz CT molecular complexity index is 425. The number of rotatable bonds is 7. The average molecular weight is 283 g/mol. The number of hydrogen-bond acceptors (Lipinski definition) is 6. The maximum absolute atomic E-state index is 11.6. The van der Waals surface area contributed by atoms with Gasteiger partial charge in [0.05, 0.1) is 12.6 Å². The van der Waals surface area contributed by atoms with Gasteiger partial charge in [0.1, 0.15) is 0 Å². The third kappa shape index (κ3) is 6.01. The van der Waals surface area contributed by atoms with Gasteiger partial charge in [0.2, 0.25) is 11.8 Å². The highest BCUT2D eigenvalue weighted by Gasteiger charge is 2.16. The van der Waals surface area contributed by atoms with E-state index in [0.29, 0.717) is 5.89 Å². The first-order valence-corrected chi connectivity index (χ1v) is 6.93. The van der Waals surface area contributed by atoms with Crippen molar-refractivity contribution in [1.29, 1.82) is 0 Å². The van der Waals surface area contributed by atoms with Gasteiger partial charge in [0.15, 0.2) is 0 Å². The van der Waals surface area contributed by atoms with Gasteiger partial charge in [-0.25, -0.2) is 0 Å². The second-order valence-electron chi connectivity index (χ2n) is 5.77. The van der Waals surface area contributed by atoms with E-state index in [2.05, 4.69) is 33.1 Å². The second kappa shape index (κ2) is 7.23. The third-order valence-corrected chi connectivity index (χ3v) is 2.43. The first-order chi connectivity index (χ1) is 9.31. The lowest BCUT2D eigenvalue weighted by Gasteiger charge is -2.20. The Labute approximate surface area is 119 Å². The lowest BCUT2D eigenvalue weighted by atomic mass is 10.1. The molecule has 7 heteroatoms. The predicted octanol–water partition coefficient (Wildman–Crippen LogP) is 1.46. The quantitative estimate of drug-likeness (QED) is 0.701. The molecule has 1 atom stereocenters. The molecule has 20 heavy (non-hydrogen) atoms. The van der Waals surface area contributed by atoms with Crippen molar-refractivity contribution in [3.05, 3.63) is 5.89 Å². The van der Waals surface area contributed by atoms with Gasteiger partial charge in [0.25, 0.3) is 0 Å². The molecule has 3 N–H and O–H groups in total. The SMILES string of the molecule is CCCNC(C)c1nnc(NCC(=O)NC(C)(C)C)o1. The van der Waals surface area contributed by atoms with Crippen molar-refractivity contribution in [3.63, 3.8) is 0 Å². The molecule has 0 aromatic carbocycles. The van der Waals surface area contributed by atoms with E-state index >= 15 is 0 Å². The number of nitrogens with zero attached hydrogens (tertiary/aromatic N) is 2. The van der Waals surface area contributed by atoms with Crippen molar-refractivity contribution >= 4 is 11.9 Å². The molecule has 1 heterocycles. The van der Waals surface area contributed by atoms with Gasteiger partial charge in [-0.3, -0.25) is 4.79 Å². The molecule has 0 saturated heterocycles. The van der Waals surface area contributed by atoms with E-state index in [4.69, 9.17) is 4.42 Å². The Hall–Kier alpha value is -1.63. The van der Waals surface area contributed by atoms with Gasteiger partial charge in [-0.05, 0) is 40.7 Å². The zero-order valence-corrected chi connectivity index (χ0v) is 12.9. The van der Waals surface area contributed by atoms with Gasteiger partial charge < -0.3 is 20.4 Å². The van der Waals surface area contributed by atoms with Crippen molar-refractivity contribution in [2.75, 3.05) is 18.4 Å². The van der Waals surface area contributed by atoms with Crippen LogP contribution in [0.5, 0.6) is 0 Å². The fourth-order valence-electron chi connectivity index (χ4n) is 1.55. The van der Waals surface area contributed by atoms with Crippen LogP contribution in [0, 0.1) is 0 Å². The van der Waals surface area contributed by atoms with Crippen LogP contribution in [0.25, 0.3) is 0 Å². The van der Waals surface area contributed by atoms with Gasteiger partial charge in [0, 0.05) is 5.54 Å². The molecule has 0 spiro atoms. The van der Waals surface area contributed by atoms with Crippen LogP contribution in [-0.2, 0) is 4.79 Å². The summed E-state index contributed by atoms with van der Waals surface area (Å²) in [6.07, 6.45) is 1.04. The van der Waals surface area contributed by atoms with E-state index in [0.717, 1.165) is 13.0 Å². The maximum atomic E-state index is 11.6. The third-order valence-electron chi connectivity index (χ3n) is 2.43. The molecular formula is C13H25N5O2. The predicted molar refractivity (Wildman–Crippen MR) is 77.4 cm³/mol. The Balaban J connectivity index is 2.42. The summed E-state index contributed by atoms with van der Waals surface area (Å²) in [4.78, 5) is 11.6. The largest absolute Gasteiger partial charge is 0.406 e. The second-order valence-corrected chi connectivity index (χ2v) is 5.77. The Morgan fingerprint density at radius 1 is 1.35 bits per heavy atom. The van der Waals surface area contributed by atoms with Gasteiger partial charge >= 0.3 is 6.01 Å². The highest BCUT2D eigenvalue weighted by atomic mass is 16.4. The van der Waals surface area contributed by atoms with Gasteiger partial charge in [-0.2, -0.15) is 0 Å². The Morgan fingerprint density at radius 2 is 2.05 bits per heavy atom. The molecule has 0 radical (unpaired) electrons. The summed E-state index contributed by atoms with van der Waals surface area (Å²) < 4.78 is 5.45. The summed E-state index contributed by atoms with van der Waals surface area (Å²) in [5.74, 6) is 0.395. The van der Waals surface area contributed by atoms with Crippen molar-refractivity contribution < 1.29 is 9.21 Å². The number of nitrogens with one attached hydrogen (secondary N) is 3. The van der Waals surface area contributed by atoms with Gasteiger partial charge in [-0.15, -0.1) is 5.10 Å². The van der Waals surface area contributed by atoms with Crippen LogP contribution in [-0.4, -0.2) is 34.7 Å². The van der Waals surface area contributed by atoms with E-state index in [1.54, 1.807) is 0 Å².